The Balaban J connectivity index is 2.29. The monoisotopic (exact) mass is 244 g/mol. The Morgan fingerprint density at radius 3 is 3.00 bits per heavy atom. The predicted molar refractivity (Wildman–Crippen MR) is 66.4 cm³/mol. The lowest BCUT2D eigenvalue weighted by Crippen LogP contribution is -2.04. The molecular weight excluding hydrogens is 232 g/mol. The van der Waals surface area contributed by atoms with Crippen molar-refractivity contribution in [2.75, 3.05) is 5.73 Å². The van der Waals surface area contributed by atoms with E-state index in [-0.39, 0.29) is 11.7 Å². The first-order chi connectivity index (χ1) is 8.59. The number of nitrogens with two attached hydrogens (primary N) is 1. The number of aromatic nitrogens is 3. The SMILES string of the molecule is Cc1nn(C)c2oc(N)c(C(=O)c3ccc[nH]3)c12. The van der Waals surface area contributed by atoms with E-state index in [1.165, 1.54) is 0 Å². The lowest BCUT2D eigenvalue weighted by molar-refractivity contribution is 0.103. The predicted octanol–water partition coefficient (Wildman–Crippen LogP) is 1.62. The Bertz CT molecular complexity index is 734. The number of carbonyl (C=O) groups is 1. The van der Waals surface area contributed by atoms with Crippen LogP contribution in [0.25, 0.3) is 11.1 Å². The minimum Gasteiger partial charge on any atom is -0.422 e. The van der Waals surface area contributed by atoms with Crippen molar-refractivity contribution in [3.05, 3.63) is 35.3 Å². The topological polar surface area (TPSA) is 89.8 Å². The molecule has 0 saturated heterocycles. The number of fused-ring (bicyclic) bond motifs is 1. The van der Waals surface area contributed by atoms with Gasteiger partial charge in [-0.05, 0) is 19.1 Å². The molecule has 0 aliphatic heterocycles. The number of nitrogen functional groups attached to an aromatic ring is 1. The number of carbonyl (C=O) groups excluding carboxylic acids is 1. The highest BCUT2D eigenvalue weighted by Crippen LogP contribution is 2.31. The minimum absolute atomic E-state index is 0.126. The lowest BCUT2D eigenvalue weighted by atomic mass is 10.1. The molecule has 3 aromatic heterocycles. The second-order valence-corrected chi connectivity index (χ2v) is 4.14. The number of hydrogen-bond acceptors (Lipinski definition) is 4. The van der Waals surface area contributed by atoms with E-state index >= 15 is 0 Å². The molecule has 3 N–H and O–H groups in total. The van der Waals surface area contributed by atoms with Crippen LogP contribution < -0.4 is 5.73 Å². The zero-order valence-electron chi connectivity index (χ0n) is 10.0. The molecule has 6 nitrogen and oxygen atoms in total. The van der Waals surface area contributed by atoms with Crippen LogP contribution in [0.1, 0.15) is 21.7 Å². The van der Waals surface area contributed by atoms with Crippen LogP contribution in [-0.2, 0) is 7.05 Å². The third-order valence-electron chi connectivity index (χ3n) is 2.94. The van der Waals surface area contributed by atoms with Crippen LogP contribution in [-0.4, -0.2) is 20.5 Å². The molecule has 18 heavy (non-hydrogen) atoms. The Labute approximate surface area is 102 Å². The van der Waals surface area contributed by atoms with E-state index in [0.717, 1.165) is 5.69 Å². The highest BCUT2D eigenvalue weighted by Gasteiger charge is 2.25. The minimum atomic E-state index is -0.188. The Hall–Kier alpha value is -2.50. The third-order valence-corrected chi connectivity index (χ3v) is 2.94. The summed E-state index contributed by atoms with van der Waals surface area (Å²) in [7, 11) is 1.75. The summed E-state index contributed by atoms with van der Waals surface area (Å²) in [5, 5.41) is 4.90. The van der Waals surface area contributed by atoms with Gasteiger partial charge in [0.15, 0.2) is 0 Å². The van der Waals surface area contributed by atoms with Gasteiger partial charge in [-0.25, -0.2) is 4.68 Å². The first kappa shape index (κ1) is 10.6. The zero-order valence-corrected chi connectivity index (χ0v) is 10.0. The smallest absolute Gasteiger partial charge is 0.228 e. The van der Waals surface area contributed by atoms with E-state index in [9.17, 15) is 4.79 Å². The first-order valence-corrected chi connectivity index (χ1v) is 5.49. The maximum absolute atomic E-state index is 12.4. The zero-order chi connectivity index (χ0) is 12.9. The van der Waals surface area contributed by atoms with Gasteiger partial charge in [-0.1, -0.05) is 0 Å². The number of ketones is 1. The van der Waals surface area contributed by atoms with Crippen molar-refractivity contribution in [2.45, 2.75) is 6.92 Å². The highest BCUT2D eigenvalue weighted by atomic mass is 16.4. The summed E-state index contributed by atoms with van der Waals surface area (Å²) < 4.78 is 6.99. The fraction of sp³-hybridized carbons (Fsp3) is 0.167. The normalized spacial score (nSPS) is 11.2. The number of aryl methyl sites for hydroxylation is 2. The van der Waals surface area contributed by atoms with E-state index in [1.54, 1.807) is 30.1 Å². The summed E-state index contributed by atoms with van der Waals surface area (Å²) in [4.78, 5) is 15.2. The summed E-state index contributed by atoms with van der Waals surface area (Å²) in [5.74, 6) is -0.0620. The molecular formula is C12H12N4O2. The van der Waals surface area contributed by atoms with E-state index in [1.807, 2.05) is 6.92 Å². The molecule has 0 unspecified atom stereocenters. The number of nitrogens with zero attached hydrogens (tertiary/aromatic N) is 2. The molecule has 0 radical (unpaired) electrons. The fourth-order valence-electron chi connectivity index (χ4n) is 2.15. The van der Waals surface area contributed by atoms with Gasteiger partial charge in [0.2, 0.25) is 17.4 Å². The second-order valence-electron chi connectivity index (χ2n) is 4.14. The highest BCUT2D eigenvalue weighted by molar-refractivity contribution is 6.18. The van der Waals surface area contributed by atoms with Gasteiger partial charge in [0.05, 0.1) is 22.3 Å². The summed E-state index contributed by atoms with van der Waals surface area (Å²) in [6, 6.07) is 3.46. The van der Waals surface area contributed by atoms with Crippen molar-refractivity contribution in [2.24, 2.45) is 7.05 Å². The van der Waals surface area contributed by atoms with E-state index in [0.29, 0.717) is 22.4 Å². The number of hydrogen-bond donors (Lipinski definition) is 2. The number of furan rings is 1. The Morgan fingerprint density at radius 1 is 1.56 bits per heavy atom. The average molecular weight is 244 g/mol. The van der Waals surface area contributed by atoms with Gasteiger partial charge in [0.25, 0.3) is 0 Å². The van der Waals surface area contributed by atoms with E-state index in [2.05, 4.69) is 10.1 Å². The van der Waals surface area contributed by atoms with Gasteiger partial charge in [-0.15, -0.1) is 0 Å². The number of rotatable bonds is 2. The maximum Gasteiger partial charge on any atom is 0.228 e. The van der Waals surface area contributed by atoms with Crippen molar-refractivity contribution in [3.63, 3.8) is 0 Å². The van der Waals surface area contributed by atoms with Gasteiger partial charge in [-0.3, -0.25) is 4.79 Å². The molecule has 3 rings (SSSR count). The number of aromatic amines is 1. The second kappa shape index (κ2) is 3.49. The molecule has 0 spiro atoms. The largest absolute Gasteiger partial charge is 0.422 e. The van der Waals surface area contributed by atoms with E-state index < -0.39 is 0 Å². The van der Waals surface area contributed by atoms with Crippen LogP contribution in [0.5, 0.6) is 0 Å². The van der Waals surface area contributed by atoms with Gasteiger partial charge >= 0.3 is 0 Å². The van der Waals surface area contributed by atoms with Crippen LogP contribution in [0, 0.1) is 6.92 Å². The summed E-state index contributed by atoms with van der Waals surface area (Å²) >= 11 is 0. The number of anilines is 1. The van der Waals surface area contributed by atoms with Crippen molar-refractivity contribution in [1.29, 1.82) is 0 Å². The number of nitrogens with one attached hydrogen (secondary N) is 1. The van der Waals surface area contributed by atoms with Crippen LogP contribution >= 0.6 is 0 Å². The standard InChI is InChI=1S/C12H12N4O2/c1-6-8-9(10(17)7-4-3-5-14-7)11(13)18-12(8)16(2)15-6/h3-5,14H,13H2,1-2H3. The van der Waals surface area contributed by atoms with Crippen LogP contribution in [0.2, 0.25) is 0 Å². The van der Waals surface area contributed by atoms with Gasteiger partial charge in [0.1, 0.15) is 0 Å². The first-order valence-electron chi connectivity index (χ1n) is 5.49. The van der Waals surface area contributed by atoms with Crippen molar-refractivity contribution in [1.82, 2.24) is 14.8 Å². The van der Waals surface area contributed by atoms with Crippen molar-refractivity contribution in [3.8, 4) is 0 Å². The average Bonchev–Trinajstić information content (AvgIpc) is 2.98. The molecule has 0 saturated carbocycles. The molecule has 0 aliphatic carbocycles. The molecule has 0 aromatic carbocycles. The van der Waals surface area contributed by atoms with E-state index in [4.69, 9.17) is 10.2 Å². The van der Waals surface area contributed by atoms with Gasteiger partial charge in [0, 0.05) is 13.2 Å². The molecule has 0 fully saturated rings. The van der Waals surface area contributed by atoms with Gasteiger partial charge < -0.3 is 15.1 Å². The number of H-pyrrole nitrogens is 1. The Morgan fingerprint density at radius 2 is 2.33 bits per heavy atom. The molecule has 0 aliphatic rings. The summed E-state index contributed by atoms with van der Waals surface area (Å²) in [6.07, 6.45) is 1.69. The van der Waals surface area contributed by atoms with Crippen LogP contribution in [0.3, 0.4) is 0 Å². The maximum atomic E-state index is 12.4. The fourth-order valence-corrected chi connectivity index (χ4v) is 2.15. The quantitative estimate of drug-likeness (QED) is 0.670. The molecule has 0 atom stereocenters. The van der Waals surface area contributed by atoms with Gasteiger partial charge in [-0.2, -0.15) is 5.10 Å². The molecule has 92 valence electrons. The lowest BCUT2D eigenvalue weighted by Gasteiger charge is -1.96. The van der Waals surface area contributed by atoms with Crippen LogP contribution in [0.15, 0.2) is 22.7 Å². The molecule has 6 heteroatoms. The molecule has 0 bridgehead atoms. The molecule has 0 amide bonds. The van der Waals surface area contributed by atoms with Crippen LogP contribution in [0.4, 0.5) is 5.88 Å². The summed E-state index contributed by atoms with van der Waals surface area (Å²) in [6.45, 7) is 1.82. The van der Waals surface area contributed by atoms with Crippen molar-refractivity contribution < 1.29 is 9.21 Å². The molecule has 3 aromatic rings. The van der Waals surface area contributed by atoms with Crippen molar-refractivity contribution >= 4 is 22.8 Å². The summed E-state index contributed by atoms with van der Waals surface area (Å²) in [5.41, 5.74) is 7.89. The third kappa shape index (κ3) is 1.29. The Kier molecular flexibility index (Phi) is 2.07. The molecule has 3 heterocycles.